The van der Waals surface area contributed by atoms with E-state index in [4.69, 9.17) is 5.14 Å². The van der Waals surface area contributed by atoms with Gasteiger partial charge in [-0.1, -0.05) is 0 Å². The summed E-state index contributed by atoms with van der Waals surface area (Å²) in [7, 11) is -1.81. The van der Waals surface area contributed by atoms with Gasteiger partial charge in [0.25, 0.3) is 0 Å². The third-order valence-corrected chi connectivity index (χ3v) is 2.38. The van der Waals surface area contributed by atoms with Gasteiger partial charge in [0.05, 0.1) is 5.69 Å². The molecular formula is C5H8BrN3O2S. The van der Waals surface area contributed by atoms with E-state index < -0.39 is 10.0 Å². The van der Waals surface area contributed by atoms with Crippen LogP contribution in [-0.4, -0.2) is 18.2 Å². The molecule has 0 atom stereocenters. The molecule has 5 nitrogen and oxygen atoms in total. The number of aryl methyl sites for hydroxylation is 1. The number of aromatic nitrogens is 2. The van der Waals surface area contributed by atoms with Gasteiger partial charge in [-0.3, -0.25) is 4.68 Å². The fourth-order valence-corrected chi connectivity index (χ4v) is 1.99. The van der Waals surface area contributed by atoms with E-state index in [0.717, 1.165) is 0 Å². The number of nitrogens with two attached hydrogens (primary N) is 1. The summed E-state index contributed by atoms with van der Waals surface area (Å²) >= 11 is 3.12. The predicted molar refractivity (Wildman–Crippen MR) is 47.7 cm³/mol. The quantitative estimate of drug-likeness (QED) is 0.805. The van der Waals surface area contributed by atoms with Crippen molar-refractivity contribution in [1.29, 1.82) is 0 Å². The molecule has 0 fully saturated rings. The monoisotopic (exact) mass is 253 g/mol. The highest BCUT2D eigenvalue weighted by atomic mass is 79.9. The lowest BCUT2D eigenvalue weighted by Gasteiger charge is -1.97. The summed E-state index contributed by atoms with van der Waals surface area (Å²) in [6.07, 6.45) is 0. The van der Waals surface area contributed by atoms with Crippen LogP contribution in [0.1, 0.15) is 5.69 Å². The number of hydrogen-bond donors (Lipinski definition) is 1. The zero-order valence-electron chi connectivity index (χ0n) is 6.36. The summed E-state index contributed by atoms with van der Waals surface area (Å²) in [6, 6.07) is 1.62. The standard InChI is InChI=1S/C5H8BrN3O2S/c1-9-4(2-5(6)8-9)3-12(7,10)11/h2H,3H2,1H3,(H2,7,10,11). The van der Waals surface area contributed by atoms with E-state index in [0.29, 0.717) is 10.3 Å². The number of halogens is 1. The lowest BCUT2D eigenvalue weighted by Crippen LogP contribution is -2.16. The van der Waals surface area contributed by atoms with Crippen molar-refractivity contribution >= 4 is 26.0 Å². The molecule has 0 aliphatic carbocycles. The Bertz CT molecular complexity index is 383. The van der Waals surface area contributed by atoms with E-state index in [1.54, 1.807) is 13.1 Å². The third kappa shape index (κ3) is 2.58. The molecule has 0 bridgehead atoms. The molecule has 0 spiro atoms. The van der Waals surface area contributed by atoms with Crippen LogP contribution in [0.4, 0.5) is 0 Å². The molecule has 0 unspecified atom stereocenters. The van der Waals surface area contributed by atoms with Gasteiger partial charge in [0, 0.05) is 7.05 Å². The van der Waals surface area contributed by atoms with Crippen LogP contribution in [0.2, 0.25) is 0 Å². The minimum absolute atomic E-state index is 0.192. The highest BCUT2D eigenvalue weighted by Crippen LogP contribution is 2.10. The summed E-state index contributed by atoms with van der Waals surface area (Å²) in [6.45, 7) is 0. The second-order valence-electron chi connectivity index (χ2n) is 2.39. The first kappa shape index (κ1) is 9.69. The van der Waals surface area contributed by atoms with E-state index in [1.807, 2.05) is 0 Å². The first-order valence-corrected chi connectivity index (χ1v) is 5.58. The number of hydrogen-bond acceptors (Lipinski definition) is 3. The van der Waals surface area contributed by atoms with E-state index >= 15 is 0 Å². The molecule has 68 valence electrons. The summed E-state index contributed by atoms with van der Waals surface area (Å²) in [4.78, 5) is 0. The molecule has 1 aromatic rings. The largest absolute Gasteiger partial charge is 0.270 e. The summed E-state index contributed by atoms with van der Waals surface area (Å²) < 4.78 is 23.4. The zero-order chi connectivity index (χ0) is 9.35. The Balaban J connectivity index is 2.97. The zero-order valence-corrected chi connectivity index (χ0v) is 8.76. The second kappa shape index (κ2) is 3.15. The Morgan fingerprint density at radius 2 is 2.33 bits per heavy atom. The van der Waals surface area contributed by atoms with Crippen LogP contribution in [0.3, 0.4) is 0 Å². The molecule has 0 aliphatic heterocycles. The van der Waals surface area contributed by atoms with E-state index in [2.05, 4.69) is 21.0 Å². The van der Waals surface area contributed by atoms with Gasteiger partial charge in [0.15, 0.2) is 0 Å². The smallest absolute Gasteiger partial charge is 0.214 e. The maximum absolute atomic E-state index is 10.7. The van der Waals surface area contributed by atoms with Crippen molar-refractivity contribution in [3.8, 4) is 0 Å². The van der Waals surface area contributed by atoms with Crippen molar-refractivity contribution in [2.45, 2.75) is 5.75 Å². The van der Waals surface area contributed by atoms with Gasteiger partial charge in [0.2, 0.25) is 10.0 Å². The van der Waals surface area contributed by atoms with Crippen molar-refractivity contribution in [2.24, 2.45) is 12.2 Å². The van der Waals surface area contributed by atoms with Crippen LogP contribution >= 0.6 is 15.9 Å². The molecule has 1 rings (SSSR count). The Hall–Kier alpha value is -0.400. The van der Waals surface area contributed by atoms with Crippen LogP contribution in [0.15, 0.2) is 10.7 Å². The van der Waals surface area contributed by atoms with E-state index in [9.17, 15) is 8.42 Å². The van der Waals surface area contributed by atoms with Gasteiger partial charge in [-0.15, -0.1) is 0 Å². The highest BCUT2D eigenvalue weighted by Gasteiger charge is 2.09. The van der Waals surface area contributed by atoms with Gasteiger partial charge in [0.1, 0.15) is 10.4 Å². The number of rotatable bonds is 2. The van der Waals surface area contributed by atoms with Crippen molar-refractivity contribution in [1.82, 2.24) is 9.78 Å². The molecule has 0 saturated heterocycles. The lowest BCUT2D eigenvalue weighted by atomic mass is 10.5. The topological polar surface area (TPSA) is 78.0 Å². The Labute approximate surface area is 78.7 Å². The van der Waals surface area contributed by atoms with Gasteiger partial charge >= 0.3 is 0 Å². The van der Waals surface area contributed by atoms with Crippen molar-refractivity contribution in [3.63, 3.8) is 0 Å². The number of primary sulfonamides is 1. The van der Waals surface area contributed by atoms with Crippen LogP contribution in [0.5, 0.6) is 0 Å². The Morgan fingerprint density at radius 3 is 2.67 bits per heavy atom. The van der Waals surface area contributed by atoms with Crippen molar-refractivity contribution < 1.29 is 8.42 Å². The fraction of sp³-hybridized carbons (Fsp3) is 0.400. The molecule has 12 heavy (non-hydrogen) atoms. The van der Waals surface area contributed by atoms with Crippen LogP contribution in [-0.2, 0) is 22.8 Å². The molecule has 1 aromatic heterocycles. The van der Waals surface area contributed by atoms with Gasteiger partial charge < -0.3 is 0 Å². The van der Waals surface area contributed by atoms with Gasteiger partial charge in [-0.25, -0.2) is 13.6 Å². The molecule has 2 N–H and O–H groups in total. The molecule has 7 heteroatoms. The molecule has 1 heterocycles. The molecule has 0 aliphatic rings. The molecule has 0 radical (unpaired) electrons. The van der Waals surface area contributed by atoms with Crippen LogP contribution in [0.25, 0.3) is 0 Å². The van der Waals surface area contributed by atoms with E-state index in [1.165, 1.54) is 4.68 Å². The van der Waals surface area contributed by atoms with Crippen LogP contribution in [0, 0.1) is 0 Å². The molecule has 0 aromatic carbocycles. The van der Waals surface area contributed by atoms with Gasteiger partial charge in [-0.2, -0.15) is 5.10 Å². The average molecular weight is 254 g/mol. The Morgan fingerprint density at radius 1 is 1.75 bits per heavy atom. The maximum atomic E-state index is 10.7. The third-order valence-electron chi connectivity index (χ3n) is 1.30. The predicted octanol–water partition coefficient (Wildman–Crippen LogP) is -0.0289. The first-order valence-electron chi connectivity index (χ1n) is 3.07. The van der Waals surface area contributed by atoms with E-state index in [-0.39, 0.29) is 5.75 Å². The molecular weight excluding hydrogens is 246 g/mol. The first-order chi connectivity index (χ1) is 5.38. The number of sulfonamides is 1. The molecule has 0 amide bonds. The SMILES string of the molecule is Cn1nc(Br)cc1CS(N)(=O)=O. The maximum Gasteiger partial charge on any atom is 0.214 e. The highest BCUT2D eigenvalue weighted by molar-refractivity contribution is 9.10. The summed E-state index contributed by atoms with van der Waals surface area (Å²) in [5, 5.41) is 8.77. The Kier molecular flexibility index (Phi) is 2.55. The molecule has 0 saturated carbocycles. The van der Waals surface area contributed by atoms with Crippen molar-refractivity contribution in [2.75, 3.05) is 0 Å². The minimum atomic E-state index is -3.47. The van der Waals surface area contributed by atoms with Crippen molar-refractivity contribution in [3.05, 3.63) is 16.4 Å². The van der Waals surface area contributed by atoms with Gasteiger partial charge in [-0.05, 0) is 22.0 Å². The average Bonchev–Trinajstić information content (AvgIpc) is 2.06. The lowest BCUT2D eigenvalue weighted by molar-refractivity contribution is 0.593. The summed E-state index contributed by atoms with van der Waals surface area (Å²) in [5.74, 6) is -0.192. The fourth-order valence-electron chi connectivity index (χ4n) is 0.808. The normalized spacial score (nSPS) is 11.9. The van der Waals surface area contributed by atoms with Crippen LogP contribution < -0.4 is 5.14 Å². The minimum Gasteiger partial charge on any atom is -0.270 e. The summed E-state index contributed by atoms with van der Waals surface area (Å²) in [5.41, 5.74) is 0.560. The number of nitrogens with zero attached hydrogens (tertiary/aromatic N) is 2. The second-order valence-corrected chi connectivity index (χ2v) is 4.82.